The van der Waals surface area contributed by atoms with Crippen molar-refractivity contribution in [3.05, 3.63) is 28.2 Å². The normalized spacial score (nSPS) is 18.3. The Morgan fingerprint density at radius 3 is 2.80 bits per heavy atom. The zero-order valence-electron chi connectivity index (χ0n) is 8.59. The number of hydrogen-bond acceptors (Lipinski definition) is 3. The Balaban J connectivity index is 2.20. The monoisotopic (exact) mass is 271 g/mol. The summed E-state index contributed by atoms with van der Waals surface area (Å²) in [5.41, 5.74) is 0.493. The zero-order valence-corrected chi connectivity index (χ0v) is 10.2. The molecule has 0 bridgehead atoms. The summed E-state index contributed by atoms with van der Waals surface area (Å²) >= 11 is 3.49. The van der Waals surface area contributed by atoms with Crippen LogP contribution in [-0.2, 0) is 6.42 Å². The molecule has 0 aliphatic carbocycles. The quantitative estimate of drug-likeness (QED) is 0.872. The van der Waals surface area contributed by atoms with Crippen molar-refractivity contribution < 1.29 is 9.84 Å². The van der Waals surface area contributed by atoms with Gasteiger partial charge in [-0.1, -0.05) is 12.1 Å². The highest BCUT2D eigenvalue weighted by Gasteiger charge is 2.34. The largest absolute Gasteiger partial charge is 0.496 e. The summed E-state index contributed by atoms with van der Waals surface area (Å²) in [7, 11) is 1.64. The van der Waals surface area contributed by atoms with Gasteiger partial charge in [-0.3, -0.25) is 0 Å². The number of methoxy groups -OCH3 is 1. The van der Waals surface area contributed by atoms with Crippen molar-refractivity contribution in [2.45, 2.75) is 12.0 Å². The SMILES string of the molecule is COc1cccc(CC2(O)CNC2)c1Br. The smallest absolute Gasteiger partial charge is 0.133 e. The standard InChI is InChI=1S/C11H14BrNO2/c1-15-9-4-2-3-8(10(9)12)5-11(14)6-13-7-11/h2-4,13-14H,5-7H2,1H3. The number of rotatable bonds is 3. The summed E-state index contributed by atoms with van der Waals surface area (Å²) in [5, 5.41) is 13.1. The lowest BCUT2D eigenvalue weighted by molar-refractivity contribution is -0.00918. The lowest BCUT2D eigenvalue weighted by atomic mass is 9.89. The van der Waals surface area contributed by atoms with Crippen LogP contribution in [0.3, 0.4) is 0 Å². The van der Waals surface area contributed by atoms with Crippen LogP contribution in [0.15, 0.2) is 22.7 Å². The molecule has 4 heteroatoms. The van der Waals surface area contributed by atoms with Crippen LogP contribution >= 0.6 is 15.9 Å². The first-order valence-electron chi connectivity index (χ1n) is 4.89. The topological polar surface area (TPSA) is 41.5 Å². The first-order chi connectivity index (χ1) is 7.14. The van der Waals surface area contributed by atoms with Crippen molar-refractivity contribution in [3.63, 3.8) is 0 Å². The molecule has 1 aliphatic rings. The van der Waals surface area contributed by atoms with Crippen LogP contribution in [0.2, 0.25) is 0 Å². The number of β-amino-alcohol motifs (C(OH)–C–C–N with tert-alkyl or cyclic N) is 1. The maximum Gasteiger partial charge on any atom is 0.133 e. The molecule has 1 aliphatic heterocycles. The second-order valence-corrected chi connectivity index (χ2v) is 4.73. The van der Waals surface area contributed by atoms with Gasteiger partial charge in [-0.15, -0.1) is 0 Å². The molecule has 0 amide bonds. The minimum absolute atomic E-state index is 0.588. The van der Waals surface area contributed by atoms with E-state index in [-0.39, 0.29) is 0 Å². The third-order valence-electron chi connectivity index (χ3n) is 2.69. The van der Waals surface area contributed by atoms with Gasteiger partial charge >= 0.3 is 0 Å². The van der Waals surface area contributed by atoms with Gasteiger partial charge in [0.25, 0.3) is 0 Å². The van der Waals surface area contributed by atoms with Crippen molar-refractivity contribution in [3.8, 4) is 5.75 Å². The van der Waals surface area contributed by atoms with Gasteiger partial charge in [0.15, 0.2) is 0 Å². The van der Waals surface area contributed by atoms with Gasteiger partial charge < -0.3 is 15.2 Å². The summed E-state index contributed by atoms with van der Waals surface area (Å²) < 4.78 is 6.15. The number of hydrogen-bond donors (Lipinski definition) is 2. The molecular weight excluding hydrogens is 258 g/mol. The summed E-state index contributed by atoms with van der Waals surface area (Å²) in [5.74, 6) is 0.809. The van der Waals surface area contributed by atoms with E-state index in [1.807, 2.05) is 18.2 Å². The fourth-order valence-corrected chi connectivity index (χ4v) is 2.31. The highest BCUT2D eigenvalue weighted by molar-refractivity contribution is 9.10. The Hall–Kier alpha value is -0.580. The lowest BCUT2D eigenvalue weighted by Crippen LogP contribution is -2.60. The summed E-state index contributed by atoms with van der Waals surface area (Å²) in [6.45, 7) is 1.33. The van der Waals surface area contributed by atoms with E-state index in [0.29, 0.717) is 19.5 Å². The fraction of sp³-hybridized carbons (Fsp3) is 0.455. The van der Waals surface area contributed by atoms with Crippen LogP contribution in [0.4, 0.5) is 0 Å². The Morgan fingerprint density at radius 1 is 1.53 bits per heavy atom. The molecule has 0 radical (unpaired) electrons. The number of nitrogens with one attached hydrogen (secondary N) is 1. The second-order valence-electron chi connectivity index (χ2n) is 3.94. The highest BCUT2D eigenvalue weighted by Crippen LogP contribution is 2.31. The predicted molar refractivity (Wildman–Crippen MR) is 62.2 cm³/mol. The van der Waals surface area contributed by atoms with Crippen LogP contribution in [0.1, 0.15) is 5.56 Å². The highest BCUT2D eigenvalue weighted by atomic mass is 79.9. The third kappa shape index (κ3) is 2.17. The van der Waals surface area contributed by atoms with Crippen molar-refractivity contribution in [1.29, 1.82) is 0 Å². The number of ether oxygens (including phenoxy) is 1. The van der Waals surface area contributed by atoms with Crippen LogP contribution in [0, 0.1) is 0 Å². The minimum Gasteiger partial charge on any atom is -0.496 e. The molecule has 1 heterocycles. The number of halogens is 1. The predicted octanol–water partition coefficient (Wildman–Crippen LogP) is 1.33. The minimum atomic E-state index is -0.588. The molecule has 0 unspecified atom stereocenters. The van der Waals surface area contributed by atoms with E-state index < -0.39 is 5.60 Å². The van der Waals surface area contributed by atoms with Crippen molar-refractivity contribution in [2.75, 3.05) is 20.2 Å². The van der Waals surface area contributed by atoms with Crippen molar-refractivity contribution in [2.24, 2.45) is 0 Å². The average Bonchev–Trinajstić information content (AvgIpc) is 2.19. The van der Waals surface area contributed by atoms with Crippen LogP contribution in [0.5, 0.6) is 5.75 Å². The molecule has 0 aromatic heterocycles. The molecule has 1 saturated heterocycles. The first kappa shape index (κ1) is 10.9. The Kier molecular flexibility index (Phi) is 3.00. The summed E-state index contributed by atoms with van der Waals surface area (Å²) in [6.07, 6.45) is 0.651. The van der Waals surface area contributed by atoms with Gasteiger partial charge in [-0.2, -0.15) is 0 Å². The molecule has 3 nitrogen and oxygen atoms in total. The average molecular weight is 272 g/mol. The van der Waals surface area contributed by atoms with Gasteiger partial charge in [-0.25, -0.2) is 0 Å². The zero-order chi connectivity index (χ0) is 10.9. The molecule has 1 fully saturated rings. The van der Waals surface area contributed by atoms with E-state index in [1.54, 1.807) is 7.11 Å². The lowest BCUT2D eigenvalue weighted by Gasteiger charge is -2.38. The summed E-state index contributed by atoms with van der Waals surface area (Å²) in [4.78, 5) is 0. The van der Waals surface area contributed by atoms with Crippen LogP contribution < -0.4 is 10.1 Å². The van der Waals surface area contributed by atoms with E-state index in [2.05, 4.69) is 21.2 Å². The Labute approximate surface area is 97.6 Å². The molecule has 15 heavy (non-hydrogen) atoms. The van der Waals surface area contributed by atoms with E-state index in [4.69, 9.17) is 4.74 Å². The van der Waals surface area contributed by atoms with Crippen LogP contribution in [0.25, 0.3) is 0 Å². The first-order valence-corrected chi connectivity index (χ1v) is 5.68. The molecule has 82 valence electrons. The van der Waals surface area contributed by atoms with E-state index in [9.17, 15) is 5.11 Å². The third-order valence-corrected chi connectivity index (χ3v) is 3.59. The van der Waals surface area contributed by atoms with Gasteiger partial charge in [-0.05, 0) is 27.6 Å². The van der Waals surface area contributed by atoms with E-state index in [0.717, 1.165) is 15.8 Å². The molecule has 0 saturated carbocycles. The molecule has 2 rings (SSSR count). The maximum atomic E-state index is 10.0. The van der Waals surface area contributed by atoms with E-state index >= 15 is 0 Å². The van der Waals surface area contributed by atoms with Gasteiger partial charge in [0, 0.05) is 19.5 Å². The molecule has 0 spiro atoms. The van der Waals surface area contributed by atoms with E-state index in [1.165, 1.54) is 0 Å². The maximum absolute atomic E-state index is 10.0. The van der Waals surface area contributed by atoms with Crippen molar-refractivity contribution in [1.82, 2.24) is 5.32 Å². The number of benzene rings is 1. The fourth-order valence-electron chi connectivity index (χ4n) is 1.74. The number of aliphatic hydroxyl groups is 1. The van der Waals surface area contributed by atoms with Gasteiger partial charge in [0.1, 0.15) is 5.75 Å². The van der Waals surface area contributed by atoms with Gasteiger partial charge in [0.2, 0.25) is 0 Å². The second kappa shape index (κ2) is 4.12. The van der Waals surface area contributed by atoms with Gasteiger partial charge in [0.05, 0.1) is 17.2 Å². The summed E-state index contributed by atoms with van der Waals surface area (Å²) in [6, 6.07) is 5.84. The molecule has 1 aromatic rings. The molecule has 2 N–H and O–H groups in total. The molecular formula is C11H14BrNO2. The Morgan fingerprint density at radius 2 is 2.27 bits per heavy atom. The van der Waals surface area contributed by atoms with Crippen molar-refractivity contribution >= 4 is 15.9 Å². The van der Waals surface area contributed by atoms with Crippen LogP contribution in [-0.4, -0.2) is 30.9 Å². The Bertz CT molecular complexity index is 364. The molecule has 1 aromatic carbocycles. The molecule has 0 atom stereocenters.